The number of anilines is 1. The lowest BCUT2D eigenvalue weighted by atomic mass is 10.0. The SMILES string of the molecule is C=C(CC(C)F)n1cc2c(NCc3cccc(C(C)(F)F)c3F)ncnc2cc1=O. The first-order chi connectivity index (χ1) is 14.1. The van der Waals surface area contributed by atoms with E-state index in [0.717, 1.165) is 6.07 Å². The number of rotatable bonds is 7. The van der Waals surface area contributed by atoms with Gasteiger partial charge in [0.25, 0.3) is 11.5 Å². The molecule has 0 aliphatic heterocycles. The molecule has 0 aliphatic carbocycles. The number of hydrogen-bond acceptors (Lipinski definition) is 4. The van der Waals surface area contributed by atoms with E-state index >= 15 is 0 Å². The first-order valence-corrected chi connectivity index (χ1v) is 9.17. The minimum absolute atomic E-state index is 0.0322. The van der Waals surface area contributed by atoms with E-state index < -0.39 is 29.0 Å². The van der Waals surface area contributed by atoms with Gasteiger partial charge in [-0.3, -0.25) is 9.36 Å². The van der Waals surface area contributed by atoms with Crippen molar-refractivity contribution < 1.29 is 17.6 Å². The largest absolute Gasteiger partial charge is 0.365 e. The van der Waals surface area contributed by atoms with Crippen molar-refractivity contribution in [2.75, 3.05) is 5.32 Å². The highest BCUT2D eigenvalue weighted by molar-refractivity contribution is 5.88. The van der Waals surface area contributed by atoms with Crippen LogP contribution < -0.4 is 10.9 Å². The molecule has 1 aromatic carbocycles. The van der Waals surface area contributed by atoms with Crippen LogP contribution in [0.4, 0.5) is 23.4 Å². The number of alkyl halides is 3. The van der Waals surface area contributed by atoms with Crippen molar-refractivity contribution in [2.24, 2.45) is 0 Å². The summed E-state index contributed by atoms with van der Waals surface area (Å²) in [6.45, 7) is 5.61. The summed E-state index contributed by atoms with van der Waals surface area (Å²) in [5, 5.41) is 3.31. The van der Waals surface area contributed by atoms with Crippen LogP contribution in [0.1, 0.15) is 31.4 Å². The van der Waals surface area contributed by atoms with E-state index in [1.54, 1.807) is 0 Å². The van der Waals surface area contributed by atoms with Crippen LogP contribution in [0.2, 0.25) is 0 Å². The van der Waals surface area contributed by atoms with Gasteiger partial charge in [-0.25, -0.2) is 27.5 Å². The number of halogens is 4. The fourth-order valence-electron chi connectivity index (χ4n) is 3.08. The maximum absolute atomic E-state index is 14.5. The molecule has 158 valence electrons. The van der Waals surface area contributed by atoms with E-state index in [-0.39, 0.29) is 30.0 Å². The van der Waals surface area contributed by atoms with Crippen molar-refractivity contribution in [2.45, 2.75) is 38.9 Å². The van der Waals surface area contributed by atoms with Gasteiger partial charge in [-0.1, -0.05) is 24.8 Å². The number of allylic oxidation sites excluding steroid dienone is 1. The second kappa shape index (κ2) is 8.25. The smallest absolute Gasteiger partial charge is 0.273 e. The Morgan fingerprint density at radius 1 is 1.33 bits per heavy atom. The quantitative estimate of drug-likeness (QED) is 0.554. The van der Waals surface area contributed by atoms with Crippen molar-refractivity contribution in [1.82, 2.24) is 14.5 Å². The third-order valence-corrected chi connectivity index (χ3v) is 4.53. The fourth-order valence-corrected chi connectivity index (χ4v) is 3.08. The molecule has 2 aromatic heterocycles. The molecule has 1 atom stereocenters. The molecule has 1 unspecified atom stereocenters. The van der Waals surface area contributed by atoms with Crippen LogP contribution in [-0.2, 0) is 12.5 Å². The highest BCUT2D eigenvalue weighted by Gasteiger charge is 2.29. The van der Waals surface area contributed by atoms with Crippen LogP contribution in [-0.4, -0.2) is 20.7 Å². The molecule has 3 rings (SSSR count). The molecule has 5 nitrogen and oxygen atoms in total. The van der Waals surface area contributed by atoms with Crippen LogP contribution >= 0.6 is 0 Å². The average Bonchev–Trinajstić information content (AvgIpc) is 2.65. The van der Waals surface area contributed by atoms with Gasteiger partial charge >= 0.3 is 0 Å². The number of nitrogens with one attached hydrogen (secondary N) is 1. The Hall–Kier alpha value is -3.23. The maximum atomic E-state index is 14.5. The Morgan fingerprint density at radius 3 is 2.73 bits per heavy atom. The zero-order valence-electron chi connectivity index (χ0n) is 16.4. The molecular formula is C21H20F4N4O. The molecule has 9 heteroatoms. The van der Waals surface area contributed by atoms with Gasteiger partial charge in [0.05, 0.1) is 16.5 Å². The molecule has 3 aromatic rings. The predicted octanol–water partition coefficient (Wildman–Crippen LogP) is 4.87. The molecule has 0 spiro atoms. The summed E-state index contributed by atoms with van der Waals surface area (Å²) in [7, 11) is 0. The standard InChI is InChI=1S/C21H20F4N4O/c1-12(22)7-13(2)29-10-15-17(8-18(29)30)27-11-28-20(15)26-9-14-5-4-6-16(19(14)23)21(3,24)25/h4-6,8,10-12H,2,7,9H2,1,3H3,(H,26,27,28). The first-order valence-electron chi connectivity index (χ1n) is 9.17. The van der Waals surface area contributed by atoms with E-state index in [9.17, 15) is 22.4 Å². The lowest BCUT2D eigenvalue weighted by Crippen LogP contribution is -2.19. The number of pyridine rings is 1. The molecule has 30 heavy (non-hydrogen) atoms. The van der Waals surface area contributed by atoms with Gasteiger partial charge in [-0.05, 0) is 6.92 Å². The van der Waals surface area contributed by atoms with Gasteiger partial charge in [-0.2, -0.15) is 0 Å². The summed E-state index contributed by atoms with van der Waals surface area (Å²) in [4.78, 5) is 20.4. The highest BCUT2D eigenvalue weighted by Crippen LogP contribution is 2.31. The number of aromatic nitrogens is 3. The minimum atomic E-state index is -3.31. The van der Waals surface area contributed by atoms with E-state index in [1.165, 1.54) is 42.2 Å². The molecule has 0 fully saturated rings. The molecule has 0 bridgehead atoms. The second-order valence-electron chi connectivity index (χ2n) is 7.07. The average molecular weight is 420 g/mol. The third-order valence-electron chi connectivity index (χ3n) is 4.53. The molecule has 0 aliphatic rings. The van der Waals surface area contributed by atoms with E-state index in [1.807, 2.05) is 0 Å². The van der Waals surface area contributed by atoms with Crippen LogP contribution in [0, 0.1) is 5.82 Å². The van der Waals surface area contributed by atoms with Crippen molar-refractivity contribution in [3.8, 4) is 0 Å². The summed E-state index contributed by atoms with van der Waals surface area (Å²) in [6.07, 6.45) is 1.43. The maximum Gasteiger partial charge on any atom is 0.273 e. The lowest BCUT2D eigenvalue weighted by Gasteiger charge is -2.15. The van der Waals surface area contributed by atoms with Crippen molar-refractivity contribution in [1.29, 1.82) is 0 Å². The van der Waals surface area contributed by atoms with Crippen molar-refractivity contribution in [3.05, 3.63) is 70.7 Å². The molecule has 2 heterocycles. The number of fused-ring (bicyclic) bond motifs is 1. The normalized spacial score (nSPS) is 12.7. The fraction of sp³-hybridized carbons (Fsp3) is 0.286. The topological polar surface area (TPSA) is 59.8 Å². The van der Waals surface area contributed by atoms with Gasteiger partial charge in [0.1, 0.15) is 24.1 Å². The van der Waals surface area contributed by atoms with Gasteiger partial charge in [-0.15, -0.1) is 0 Å². The monoisotopic (exact) mass is 420 g/mol. The zero-order chi connectivity index (χ0) is 22.1. The molecule has 1 N–H and O–H groups in total. The Morgan fingerprint density at radius 2 is 2.07 bits per heavy atom. The van der Waals surface area contributed by atoms with Crippen molar-refractivity contribution >= 4 is 22.4 Å². The van der Waals surface area contributed by atoms with Gasteiger partial charge in [0.15, 0.2) is 0 Å². The molecule has 0 saturated heterocycles. The van der Waals surface area contributed by atoms with Crippen molar-refractivity contribution in [3.63, 3.8) is 0 Å². The molecular weight excluding hydrogens is 400 g/mol. The Balaban J connectivity index is 1.96. The summed E-state index contributed by atoms with van der Waals surface area (Å²) in [6, 6.07) is 5.04. The molecule has 0 saturated carbocycles. The summed E-state index contributed by atoms with van der Waals surface area (Å²) >= 11 is 0. The Bertz CT molecular complexity index is 1150. The summed E-state index contributed by atoms with van der Waals surface area (Å²) in [5.74, 6) is -4.05. The van der Waals surface area contributed by atoms with E-state index in [4.69, 9.17) is 0 Å². The summed E-state index contributed by atoms with van der Waals surface area (Å²) in [5.41, 5.74) is -0.508. The minimum Gasteiger partial charge on any atom is -0.365 e. The van der Waals surface area contributed by atoms with Crippen LogP contribution in [0.25, 0.3) is 16.6 Å². The predicted molar refractivity (Wildman–Crippen MR) is 108 cm³/mol. The highest BCUT2D eigenvalue weighted by atomic mass is 19.3. The Kier molecular flexibility index (Phi) is 5.91. The molecule has 0 radical (unpaired) electrons. The number of hydrogen-bond donors (Lipinski definition) is 1. The van der Waals surface area contributed by atoms with Crippen LogP contribution in [0.15, 0.2) is 48.2 Å². The zero-order valence-corrected chi connectivity index (χ0v) is 16.4. The van der Waals surface area contributed by atoms with Gasteiger partial charge in [0, 0.05) is 43.4 Å². The van der Waals surface area contributed by atoms with Crippen LogP contribution in [0.3, 0.4) is 0 Å². The summed E-state index contributed by atoms with van der Waals surface area (Å²) < 4.78 is 56.1. The third kappa shape index (κ3) is 4.50. The lowest BCUT2D eigenvalue weighted by molar-refractivity contribution is 0.0136. The first kappa shape index (κ1) is 21.5. The number of nitrogens with zero attached hydrogens (tertiary/aromatic N) is 3. The van der Waals surface area contributed by atoms with Gasteiger partial charge in [0.2, 0.25) is 0 Å². The molecule has 0 amide bonds. The van der Waals surface area contributed by atoms with E-state index in [0.29, 0.717) is 17.8 Å². The van der Waals surface area contributed by atoms with E-state index in [2.05, 4.69) is 21.9 Å². The van der Waals surface area contributed by atoms with Gasteiger partial charge < -0.3 is 5.32 Å². The number of benzene rings is 1. The second-order valence-corrected chi connectivity index (χ2v) is 7.07. The Labute approximate surface area is 170 Å². The van der Waals surface area contributed by atoms with Crippen LogP contribution in [0.5, 0.6) is 0 Å².